The molecule has 1 fully saturated rings. The number of amides is 4. The topological polar surface area (TPSA) is 83.6 Å². The maximum Gasteiger partial charge on any atom is 0.262 e. The third-order valence-corrected chi connectivity index (χ3v) is 3.35. The maximum atomic E-state index is 12.2. The molecule has 1 unspecified atom stereocenters. The van der Waals surface area contributed by atoms with Crippen molar-refractivity contribution in [3.63, 3.8) is 0 Å². The van der Waals surface area contributed by atoms with E-state index >= 15 is 0 Å². The van der Waals surface area contributed by atoms with Gasteiger partial charge in [-0.25, -0.2) is 0 Å². The Labute approximate surface area is 108 Å². The van der Waals surface area contributed by atoms with Gasteiger partial charge in [-0.15, -0.1) is 0 Å². The zero-order valence-corrected chi connectivity index (χ0v) is 9.88. The van der Waals surface area contributed by atoms with Gasteiger partial charge in [0.2, 0.25) is 11.8 Å². The molecule has 96 valence electrons. The third-order valence-electron chi connectivity index (χ3n) is 3.35. The lowest BCUT2D eigenvalue weighted by Crippen LogP contribution is -2.54. The van der Waals surface area contributed by atoms with Crippen LogP contribution in [0, 0.1) is 0 Å². The Morgan fingerprint density at radius 2 is 1.58 bits per heavy atom. The van der Waals surface area contributed by atoms with E-state index in [0.717, 1.165) is 4.90 Å². The van der Waals surface area contributed by atoms with E-state index in [2.05, 4.69) is 5.32 Å². The molecule has 0 spiro atoms. The number of rotatable bonds is 1. The molecule has 2 heterocycles. The number of fused-ring (bicyclic) bond motifs is 1. The molecule has 0 saturated carbocycles. The van der Waals surface area contributed by atoms with Gasteiger partial charge in [0.1, 0.15) is 6.04 Å². The number of hydrogen-bond acceptors (Lipinski definition) is 4. The molecule has 1 aromatic carbocycles. The SMILES string of the molecule is O=C1CCC([15N]2C(=O)c3ccccc3C2=O)C(=O)[15NH]1. The number of carbonyl (C=O) groups excluding carboxylic acids is 4. The number of nitrogens with one attached hydrogen (secondary N) is 1. The fourth-order valence-corrected chi connectivity index (χ4v) is 2.42. The molecular formula is C13H10N2O4. The van der Waals surface area contributed by atoms with Crippen molar-refractivity contribution in [2.24, 2.45) is 0 Å². The third kappa shape index (κ3) is 1.64. The summed E-state index contributed by atoms with van der Waals surface area (Å²) in [5.74, 6) is -1.92. The first-order valence-electron chi connectivity index (χ1n) is 5.90. The molecule has 19 heavy (non-hydrogen) atoms. The van der Waals surface area contributed by atoms with Crippen LogP contribution in [0.25, 0.3) is 0 Å². The predicted molar refractivity (Wildman–Crippen MR) is 63.1 cm³/mol. The van der Waals surface area contributed by atoms with Crippen molar-refractivity contribution in [2.45, 2.75) is 18.9 Å². The van der Waals surface area contributed by atoms with Gasteiger partial charge in [0.25, 0.3) is 11.8 Å². The molecule has 1 N–H and O–H groups in total. The van der Waals surface area contributed by atoms with Crippen molar-refractivity contribution in [2.75, 3.05) is 0 Å². The van der Waals surface area contributed by atoms with E-state index in [1.165, 1.54) is 0 Å². The molecule has 3 rings (SSSR count). The van der Waals surface area contributed by atoms with Gasteiger partial charge in [-0.05, 0) is 18.6 Å². The molecule has 2 aliphatic rings. The number of carbonyl (C=O) groups is 4. The van der Waals surface area contributed by atoms with Crippen LogP contribution in [0.4, 0.5) is 0 Å². The highest BCUT2D eigenvalue weighted by Gasteiger charge is 2.44. The molecule has 6 nitrogen and oxygen atoms in total. The first kappa shape index (κ1) is 11.6. The van der Waals surface area contributed by atoms with Crippen LogP contribution in [-0.4, -0.2) is 34.6 Å². The van der Waals surface area contributed by atoms with E-state index in [0.29, 0.717) is 11.1 Å². The molecule has 0 radical (unpaired) electrons. The Morgan fingerprint density at radius 3 is 2.11 bits per heavy atom. The molecule has 1 saturated heterocycles. The summed E-state index contributed by atoms with van der Waals surface area (Å²) in [5.41, 5.74) is 0.606. The molecule has 1 atom stereocenters. The largest absolute Gasteiger partial charge is 0.295 e. The Balaban J connectivity index is 1.96. The van der Waals surface area contributed by atoms with Crippen LogP contribution in [-0.2, 0) is 9.59 Å². The summed E-state index contributed by atoms with van der Waals surface area (Å²) in [6.45, 7) is 0. The normalized spacial score (nSPS) is 22.5. The van der Waals surface area contributed by atoms with E-state index in [-0.39, 0.29) is 18.7 Å². The summed E-state index contributed by atoms with van der Waals surface area (Å²) in [5, 5.41) is 2.15. The Hall–Kier alpha value is -2.50. The number of hydrogen-bond donors (Lipinski definition) is 1. The average Bonchev–Trinajstić information content (AvgIpc) is 2.64. The van der Waals surface area contributed by atoms with Crippen molar-refractivity contribution < 1.29 is 19.2 Å². The lowest BCUT2D eigenvalue weighted by molar-refractivity contribution is -0.136. The van der Waals surface area contributed by atoms with Crippen LogP contribution in [0.5, 0.6) is 0 Å². The minimum atomic E-state index is -0.898. The van der Waals surface area contributed by atoms with Gasteiger partial charge in [-0.2, -0.15) is 0 Å². The highest BCUT2D eigenvalue weighted by Crippen LogP contribution is 2.26. The second-order valence-corrected chi connectivity index (χ2v) is 4.49. The second-order valence-electron chi connectivity index (χ2n) is 4.49. The lowest BCUT2D eigenvalue weighted by atomic mass is 10.1. The molecule has 1 aromatic rings. The van der Waals surface area contributed by atoms with Gasteiger partial charge in [-0.3, -0.25) is 29.4 Å². The summed E-state index contributed by atoms with van der Waals surface area (Å²) in [4.78, 5) is 48.1. The van der Waals surface area contributed by atoms with Gasteiger partial charge in [0, 0.05) is 6.42 Å². The van der Waals surface area contributed by atoms with E-state index in [4.69, 9.17) is 0 Å². The average molecular weight is 260 g/mol. The number of piperidine rings is 1. The maximum absolute atomic E-state index is 12.2. The smallest absolute Gasteiger partial charge is 0.262 e. The molecule has 0 aliphatic carbocycles. The molecule has 0 aromatic heterocycles. The molecule has 6 heteroatoms. The number of imide groups is 2. The van der Waals surface area contributed by atoms with Crippen LogP contribution in [0.2, 0.25) is 0 Å². The zero-order valence-electron chi connectivity index (χ0n) is 9.88. The van der Waals surface area contributed by atoms with Gasteiger partial charge < -0.3 is 0 Å². The minimum absolute atomic E-state index is 0.129. The number of nitrogens with zero attached hydrogens (tertiary/aromatic N) is 1. The van der Waals surface area contributed by atoms with E-state index < -0.39 is 23.8 Å². The standard InChI is InChI=1S/C13H10N2O4/c16-10-6-5-9(11(17)14-10)15-12(18)7-3-1-2-4-8(7)13(15)19/h1-4,9H,5-6H2,(H,14,16,17)/i14+1,15+1. The van der Waals surface area contributed by atoms with Crippen LogP contribution >= 0.6 is 0 Å². The summed E-state index contributed by atoms with van der Waals surface area (Å²) in [7, 11) is 0. The lowest BCUT2D eigenvalue weighted by Gasteiger charge is -2.27. The minimum Gasteiger partial charge on any atom is -0.295 e. The highest BCUT2D eigenvalue weighted by molar-refractivity contribution is 6.23. The zero-order chi connectivity index (χ0) is 13.6. The summed E-state index contributed by atoms with van der Waals surface area (Å²) in [6, 6.07) is 5.55. The Morgan fingerprint density at radius 1 is 1.00 bits per heavy atom. The van der Waals surface area contributed by atoms with Gasteiger partial charge in [-0.1, -0.05) is 12.1 Å². The highest BCUT2D eigenvalue weighted by atomic mass is 16.3. The molecular weight excluding hydrogens is 250 g/mol. The van der Waals surface area contributed by atoms with Crippen molar-refractivity contribution in [3.8, 4) is 0 Å². The van der Waals surface area contributed by atoms with Crippen molar-refractivity contribution >= 4 is 23.6 Å². The second kappa shape index (κ2) is 4.01. The van der Waals surface area contributed by atoms with Crippen molar-refractivity contribution in [1.29, 1.82) is 0 Å². The predicted octanol–water partition coefficient (Wildman–Crippen LogP) is 0.0878. The van der Waals surface area contributed by atoms with Crippen LogP contribution in [0.1, 0.15) is 33.6 Å². The monoisotopic (exact) mass is 260 g/mol. The first-order chi connectivity index (χ1) is 9.09. The fraction of sp³-hybridized carbons (Fsp3) is 0.231. The quantitative estimate of drug-likeness (QED) is 0.573. The van der Waals surface area contributed by atoms with Crippen LogP contribution < -0.4 is 5.32 Å². The van der Waals surface area contributed by atoms with E-state index in [1.807, 2.05) is 0 Å². The van der Waals surface area contributed by atoms with Crippen molar-refractivity contribution in [1.82, 2.24) is 10.2 Å². The number of benzene rings is 1. The van der Waals surface area contributed by atoms with Crippen LogP contribution in [0.15, 0.2) is 24.3 Å². The Kier molecular flexibility index (Phi) is 2.45. The molecule has 0 bridgehead atoms. The fourth-order valence-electron chi connectivity index (χ4n) is 2.42. The van der Waals surface area contributed by atoms with Crippen molar-refractivity contribution in [3.05, 3.63) is 35.4 Å². The summed E-state index contributed by atoms with van der Waals surface area (Å²) >= 11 is 0. The Bertz CT molecular complexity index is 588. The van der Waals surface area contributed by atoms with E-state index in [1.54, 1.807) is 24.3 Å². The van der Waals surface area contributed by atoms with E-state index in [9.17, 15) is 19.2 Å². The first-order valence-corrected chi connectivity index (χ1v) is 5.90. The van der Waals surface area contributed by atoms with Gasteiger partial charge >= 0.3 is 0 Å². The molecule has 4 amide bonds. The van der Waals surface area contributed by atoms with Crippen LogP contribution in [0.3, 0.4) is 0 Å². The summed E-state index contributed by atoms with van der Waals surface area (Å²) < 4.78 is 0. The van der Waals surface area contributed by atoms with Gasteiger partial charge in [0.15, 0.2) is 0 Å². The summed E-state index contributed by atoms with van der Waals surface area (Å²) in [6.07, 6.45) is 0.306. The van der Waals surface area contributed by atoms with Gasteiger partial charge in [0.05, 0.1) is 11.1 Å². The molecule has 2 aliphatic heterocycles.